The van der Waals surface area contributed by atoms with Gasteiger partial charge in [0.25, 0.3) is 0 Å². The van der Waals surface area contributed by atoms with Crippen molar-refractivity contribution in [2.24, 2.45) is 0 Å². The topological polar surface area (TPSA) is 44.8 Å². The maximum Gasteiger partial charge on any atom is 0.216 e. The highest BCUT2D eigenvalue weighted by Gasteiger charge is 2.62. The third kappa shape index (κ3) is 2.51. The van der Waals surface area contributed by atoms with E-state index in [1.807, 2.05) is 39.0 Å². The van der Waals surface area contributed by atoms with Crippen LogP contribution in [-0.4, -0.2) is 29.9 Å². The fourth-order valence-electron chi connectivity index (χ4n) is 4.36. The lowest BCUT2D eigenvalue weighted by Crippen LogP contribution is -2.46. The van der Waals surface area contributed by atoms with Crippen LogP contribution in [0.3, 0.4) is 0 Å². The minimum Gasteiger partial charge on any atom is -0.374 e. The van der Waals surface area contributed by atoms with Crippen molar-refractivity contribution < 1.29 is 19.0 Å². The Morgan fingerprint density at radius 1 is 1.15 bits per heavy atom. The molecular formula is C22H26O4. The second-order valence-corrected chi connectivity index (χ2v) is 7.82. The number of carbonyl (C=O) groups is 1. The van der Waals surface area contributed by atoms with E-state index in [1.165, 1.54) is 0 Å². The third-order valence-corrected chi connectivity index (χ3v) is 6.21. The van der Waals surface area contributed by atoms with E-state index in [0.717, 1.165) is 40.7 Å². The number of fused-ring (bicyclic) bond motifs is 1. The van der Waals surface area contributed by atoms with Crippen molar-refractivity contribution in [2.75, 3.05) is 6.61 Å². The Morgan fingerprint density at radius 2 is 1.88 bits per heavy atom. The molecule has 1 aromatic carbocycles. The number of hydrogen-bond donors (Lipinski definition) is 0. The summed E-state index contributed by atoms with van der Waals surface area (Å²) >= 11 is 0. The smallest absolute Gasteiger partial charge is 0.216 e. The van der Waals surface area contributed by atoms with Crippen molar-refractivity contribution in [1.29, 1.82) is 0 Å². The average molecular weight is 354 g/mol. The maximum absolute atomic E-state index is 12.5. The average Bonchev–Trinajstić information content (AvgIpc) is 2.87. The molecule has 4 rings (SSSR count). The molecule has 0 aromatic heterocycles. The number of benzene rings is 1. The van der Waals surface area contributed by atoms with Crippen molar-refractivity contribution in [3.05, 3.63) is 58.2 Å². The molecular weight excluding hydrogens is 328 g/mol. The van der Waals surface area contributed by atoms with Gasteiger partial charge < -0.3 is 14.2 Å². The van der Waals surface area contributed by atoms with Gasteiger partial charge in [-0.2, -0.15) is 0 Å². The summed E-state index contributed by atoms with van der Waals surface area (Å²) < 4.78 is 19.0. The number of carbonyl (C=O) groups excluding carboxylic acids is 1. The summed E-state index contributed by atoms with van der Waals surface area (Å²) in [5, 5.41) is 0. The lowest BCUT2D eigenvalue weighted by molar-refractivity contribution is -0.153. The first-order chi connectivity index (χ1) is 12.4. The van der Waals surface area contributed by atoms with Gasteiger partial charge in [0.15, 0.2) is 5.78 Å². The number of ketones is 1. The number of allylic oxidation sites excluding steroid dienone is 2. The van der Waals surface area contributed by atoms with Crippen LogP contribution in [-0.2, 0) is 25.6 Å². The maximum atomic E-state index is 12.5. The van der Waals surface area contributed by atoms with Gasteiger partial charge in [-0.3, -0.25) is 4.79 Å². The molecule has 4 heteroatoms. The Morgan fingerprint density at radius 3 is 2.62 bits per heavy atom. The van der Waals surface area contributed by atoms with Crippen LogP contribution in [0.1, 0.15) is 46.1 Å². The first-order valence-electron chi connectivity index (χ1n) is 9.30. The molecule has 1 spiro atoms. The third-order valence-electron chi connectivity index (χ3n) is 6.21. The van der Waals surface area contributed by atoms with Gasteiger partial charge in [0.05, 0.1) is 18.8 Å². The first kappa shape index (κ1) is 17.7. The first-order valence-corrected chi connectivity index (χ1v) is 9.30. The predicted octanol–water partition coefficient (Wildman–Crippen LogP) is 4.10. The molecule has 3 aliphatic rings. The number of hydrogen-bond acceptors (Lipinski definition) is 4. The van der Waals surface area contributed by atoms with Crippen LogP contribution in [0.15, 0.2) is 52.6 Å². The van der Waals surface area contributed by atoms with Crippen LogP contribution in [0.2, 0.25) is 0 Å². The van der Waals surface area contributed by atoms with Gasteiger partial charge in [-0.25, -0.2) is 0 Å². The lowest BCUT2D eigenvalue weighted by Gasteiger charge is -2.42. The van der Waals surface area contributed by atoms with Crippen molar-refractivity contribution >= 4 is 5.78 Å². The monoisotopic (exact) mass is 354 g/mol. The van der Waals surface area contributed by atoms with Crippen molar-refractivity contribution in [2.45, 2.75) is 64.6 Å². The molecule has 1 aromatic rings. The van der Waals surface area contributed by atoms with Crippen LogP contribution in [0.5, 0.6) is 0 Å². The van der Waals surface area contributed by atoms with Gasteiger partial charge in [0.1, 0.15) is 6.10 Å². The van der Waals surface area contributed by atoms with E-state index < -0.39 is 11.4 Å². The Kier molecular flexibility index (Phi) is 4.18. The van der Waals surface area contributed by atoms with Crippen LogP contribution in [0, 0.1) is 0 Å². The molecule has 1 aliphatic carbocycles. The number of rotatable bonds is 4. The quantitative estimate of drug-likeness (QED) is 0.816. The van der Waals surface area contributed by atoms with Crippen LogP contribution in [0.4, 0.5) is 0 Å². The molecule has 1 unspecified atom stereocenters. The summed E-state index contributed by atoms with van der Waals surface area (Å²) in [6.07, 6.45) is 1.50. The fourth-order valence-corrected chi connectivity index (χ4v) is 4.36. The highest BCUT2D eigenvalue weighted by Crippen LogP contribution is 2.55. The minimum atomic E-state index is -0.879. The van der Waals surface area contributed by atoms with E-state index in [-0.39, 0.29) is 11.9 Å². The molecule has 2 bridgehead atoms. The largest absolute Gasteiger partial charge is 0.374 e. The van der Waals surface area contributed by atoms with E-state index in [1.54, 1.807) is 0 Å². The molecule has 0 amide bonds. The Hall–Kier alpha value is -1.75. The van der Waals surface area contributed by atoms with Gasteiger partial charge in [0, 0.05) is 16.7 Å². The predicted molar refractivity (Wildman–Crippen MR) is 98.5 cm³/mol. The molecule has 2 aliphatic heterocycles. The van der Waals surface area contributed by atoms with Crippen LogP contribution < -0.4 is 0 Å². The molecule has 2 saturated heterocycles. The summed E-state index contributed by atoms with van der Waals surface area (Å²) in [4.78, 5) is 12.5. The van der Waals surface area contributed by atoms with E-state index in [4.69, 9.17) is 14.2 Å². The molecule has 3 atom stereocenters. The van der Waals surface area contributed by atoms with E-state index in [9.17, 15) is 4.79 Å². The molecule has 2 fully saturated rings. The van der Waals surface area contributed by atoms with Gasteiger partial charge in [0.2, 0.25) is 5.79 Å². The molecule has 2 heterocycles. The van der Waals surface area contributed by atoms with Crippen LogP contribution >= 0.6 is 0 Å². The van der Waals surface area contributed by atoms with Crippen LogP contribution in [0.25, 0.3) is 0 Å². The van der Waals surface area contributed by atoms with Crippen molar-refractivity contribution in [3.8, 4) is 0 Å². The highest BCUT2D eigenvalue weighted by atomic mass is 16.8. The standard InChI is InChI=1S/C22H26O4/c1-14-16(3)22-18(15(2)20(14)23)10-11-21(4,26-22)19(25-22)13-24-12-17-8-6-5-7-9-17/h5-9,19H,10-13H2,1-4H3/t19-,21-,22?/m0/s1. The summed E-state index contributed by atoms with van der Waals surface area (Å²) in [6, 6.07) is 10.1. The van der Waals surface area contributed by atoms with E-state index >= 15 is 0 Å². The van der Waals surface area contributed by atoms with E-state index in [0.29, 0.717) is 13.2 Å². The molecule has 138 valence electrons. The second kappa shape index (κ2) is 6.15. The van der Waals surface area contributed by atoms with Gasteiger partial charge in [-0.15, -0.1) is 0 Å². The molecule has 26 heavy (non-hydrogen) atoms. The summed E-state index contributed by atoms with van der Waals surface area (Å²) in [7, 11) is 0. The minimum absolute atomic E-state index is 0.114. The second-order valence-electron chi connectivity index (χ2n) is 7.82. The Bertz CT molecular complexity index is 807. The number of ether oxygens (including phenoxy) is 3. The summed E-state index contributed by atoms with van der Waals surface area (Å²) in [5.74, 6) is -0.766. The summed E-state index contributed by atoms with van der Waals surface area (Å²) in [5.41, 5.74) is 4.14. The Labute approximate surface area is 154 Å². The molecule has 4 nitrogen and oxygen atoms in total. The number of Topliss-reactive ketones (excluding diaryl/α,β-unsaturated/α-hetero) is 1. The van der Waals surface area contributed by atoms with Crippen molar-refractivity contribution in [1.82, 2.24) is 0 Å². The van der Waals surface area contributed by atoms with E-state index in [2.05, 4.69) is 19.1 Å². The van der Waals surface area contributed by atoms with Gasteiger partial charge in [-0.05, 0) is 51.7 Å². The summed E-state index contributed by atoms with van der Waals surface area (Å²) in [6.45, 7) is 8.84. The zero-order valence-electron chi connectivity index (χ0n) is 15.9. The van der Waals surface area contributed by atoms with Gasteiger partial charge >= 0.3 is 0 Å². The Balaban J connectivity index is 1.56. The van der Waals surface area contributed by atoms with Gasteiger partial charge in [-0.1, -0.05) is 30.3 Å². The molecule has 0 N–H and O–H groups in total. The highest BCUT2D eigenvalue weighted by molar-refractivity contribution is 6.10. The SMILES string of the molecule is CC1=C(C)C23O[C@@H](COCc4ccccc4)[C@](C)(CCC2=C(C)C1=O)O3. The zero-order chi connectivity index (χ0) is 18.5. The fraction of sp³-hybridized carbons (Fsp3) is 0.500. The zero-order valence-corrected chi connectivity index (χ0v) is 15.9. The van der Waals surface area contributed by atoms with Crippen molar-refractivity contribution in [3.63, 3.8) is 0 Å². The molecule has 0 saturated carbocycles. The normalized spacial score (nSPS) is 33.7. The molecule has 0 radical (unpaired) electrons. The lowest BCUT2D eigenvalue weighted by atomic mass is 9.77.